The van der Waals surface area contributed by atoms with E-state index >= 15 is 0 Å². The molecular formula is C17H28N4O2S2. The number of aliphatic imine (C=N–C) groups is 1. The number of guanidine groups is 1. The number of hydrogen-bond donors (Lipinski definition) is 3. The molecule has 25 heavy (non-hydrogen) atoms. The predicted molar refractivity (Wildman–Crippen MR) is 106 cm³/mol. The van der Waals surface area contributed by atoms with Crippen LogP contribution in [-0.4, -0.2) is 45.5 Å². The molecule has 1 aliphatic rings. The molecule has 1 fully saturated rings. The van der Waals surface area contributed by atoms with Crippen molar-refractivity contribution in [2.24, 2.45) is 4.99 Å². The zero-order valence-corrected chi connectivity index (χ0v) is 16.7. The van der Waals surface area contributed by atoms with Crippen LogP contribution >= 0.6 is 11.8 Å². The summed E-state index contributed by atoms with van der Waals surface area (Å²) < 4.78 is 26.2. The van der Waals surface area contributed by atoms with E-state index in [1.165, 1.54) is 13.5 Å². The van der Waals surface area contributed by atoms with Crippen LogP contribution in [0, 0.1) is 0 Å². The van der Waals surface area contributed by atoms with Gasteiger partial charge in [-0.25, -0.2) is 18.1 Å². The maximum absolute atomic E-state index is 11.9. The average molecular weight is 385 g/mol. The third kappa shape index (κ3) is 5.90. The van der Waals surface area contributed by atoms with Crippen LogP contribution in [0.15, 0.2) is 34.2 Å². The summed E-state index contributed by atoms with van der Waals surface area (Å²) in [6, 6.07) is 7.34. The first kappa shape index (κ1) is 20.1. The number of benzene rings is 1. The first-order valence-corrected chi connectivity index (χ1v) is 11.4. The normalized spacial score (nSPS) is 21.3. The summed E-state index contributed by atoms with van der Waals surface area (Å²) in [5.41, 5.74) is 0.863. The highest BCUT2D eigenvalue weighted by Crippen LogP contribution is 2.28. The molecule has 2 atom stereocenters. The van der Waals surface area contributed by atoms with E-state index in [0.717, 1.165) is 36.2 Å². The lowest BCUT2D eigenvalue weighted by molar-refractivity contribution is 0.588. The quantitative estimate of drug-likeness (QED) is 0.494. The second kappa shape index (κ2) is 9.45. The van der Waals surface area contributed by atoms with Crippen LogP contribution in [0.3, 0.4) is 0 Å². The fourth-order valence-corrected chi connectivity index (χ4v) is 4.49. The monoisotopic (exact) mass is 384 g/mol. The lowest BCUT2D eigenvalue weighted by Gasteiger charge is -2.17. The average Bonchev–Trinajstić information content (AvgIpc) is 3.08. The van der Waals surface area contributed by atoms with E-state index in [1.54, 1.807) is 18.2 Å². The summed E-state index contributed by atoms with van der Waals surface area (Å²) in [7, 11) is -2.02. The van der Waals surface area contributed by atoms with Gasteiger partial charge in [-0.1, -0.05) is 12.1 Å². The molecule has 0 amide bonds. The van der Waals surface area contributed by atoms with Crippen molar-refractivity contribution in [1.29, 1.82) is 0 Å². The van der Waals surface area contributed by atoms with Crippen molar-refractivity contribution in [2.45, 2.75) is 48.9 Å². The van der Waals surface area contributed by atoms with Crippen LogP contribution in [0.1, 0.15) is 31.7 Å². The Morgan fingerprint density at radius 2 is 2.16 bits per heavy atom. The van der Waals surface area contributed by atoms with Gasteiger partial charge in [-0.3, -0.25) is 0 Å². The topological polar surface area (TPSA) is 82.6 Å². The number of nitrogens with zero attached hydrogens (tertiary/aromatic N) is 1. The smallest absolute Gasteiger partial charge is 0.240 e. The summed E-state index contributed by atoms with van der Waals surface area (Å²) >= 11 is 1.93. The zero-order chi connectivity index (χ0) is 18.3. The Hall–Kier alpha value is -1.25. The van der Waals surface area contributed by atoms with Gasteiger partial charge in [0.2, 0.25) is 10.0 Å². The molecule has 140 valence electrons. The molecule has 1 aliphatic carbocycles. The van der Waals surface area contributed by atoms with Gasteiger partial charge in [-0.05, 0) is 57.2 Å². The predicted octanol–water partition coefficient (Wildman–Crippen LogP) is 1.93. The van der Waals surface area contributed by atoms with E-state index < -0.39 is 10.0 Å². The molecule has 0 heterocycles. The van der Waals surface area contributed by atoms with Crippen LogP contribution in [0.5, 0.6) is 0 Å². The van der Waals surface area contributed by atoms with Gasteiger partial charge >= 0.3 is 0 Å². The maximum Gasteiger partial charge on any atom is 0.240 e. The van der Waals surface area contributed by atoms with Crippen LogP contribution < -0.4 is 15.4 Å². The Bertz CT molecular complexity index is 692. The van der Waals surface area contributed by atoms with Crippen molar-refractivity contribution in [3.8, 4) is 0 Å². The van der Waals surface area contributed by atoms with Crippen molar-refractivity contribution in [2.75, 3.05) is 19.8 Å². The van der Waals surface area contributed by atoms with Gasteiger partial charge in [-0.15, -0.1) is 0 Å². The van der Waals surface area contributed by atoms with E-state index in [1.807, 2.05) is 24.8 Å². The van der Waals surface area contributed by atoms with Crippen molar-refractivity contribution >= 4 is 27.7 Å². The Kier molecular flexibility index (Phi) is 7.58. The minimum atomic E-state index is -3.43. The van der Waals surface area contributed by atoms with Gasteiger partial charge < -0.3 is 10.6 Å². The van der Waals surface area contributed by atoms with Gasteiger partial charge in [-0.2, -0.15) is 11.8 Å². The number of thioether (sulfide) groups is 1. The molecule has 0 aliphatic heterocycles. The molecule has 0 bridgehead atoms. The van der Waals surface area contributed by atoms with E-state index in [0.29, 0.717) is 12.6 Å². The lowest BCUT2D eigenvalue weighted by Crippen LogP contribution is -2.42. The summed E-state index contributed by atoms with van der Waals surface area (Å²) in [4.78, 5) is 4.88. The lowest BCUT2D eigenvalue weighted by atomic mass is 10.2. The molecule has 0 aromatic heterocycles. The van der Waals surface area contributed by atoms with Crippen molar-refractivity contribution in [1.82, 2.24) is 15.4 Å². The fourth-order valence-electron chi connectivity index (χ4n) is 2.90. The molecule has 2 rings (SSSR count). The fraction of sp³-hybridized carbons (Fsp3) is 0.588. The van der Waals surface area contributed by atoms with Gasteiger partial charge in [0.25, 0.3) is 0 Å². The Morgan fingerprint density at radius 1 is 1.36 bits per heavy atom. The minimum Gasteiger partial charge on any atom is -0.357 e. The SMILES string of the molecule is CCNC(=NCc1cccc(S(=O)(=O)NC)c1)NC1CCC(SC)C1. The molecule has 3 N–H and O–H groups in total. The van der Waals surface area contributed by atoms with E-state index in [9.17, 15) is 8.42 Å². The summed E-state index contributed by atoms with van der Waals surface area (Å²) in [5, 5.41) is 7.50. The van der Waals surface area contributed by atoms with Crippen LogP contribution in [0.4, 0.5) is 0 Å². The zero-order valence-electron chi connectivity index (χ0n) is 15.1. The third-order valence-corrected chi connectivity index (χ3v) is 6.81. The Morgan fingerprint density at radius 3 is 2.80 bits per heavy atom. The van der Waals surface area contributed by atoms with E-state index in [4.69, 9.17) is 0 Å². The largest absolute Gasteiger partial charge is 0.357 e. The highest BCUT2D eigenvalue weighted by molar-refractivity contribution is 7.99. The van der Waals surface area contributed by atoms with Gasteiger partial charge in [0.05, 0.1) is 11.4 Å². The summed E-state index contributed by atoms with van der Waals surface area (Å²) in [6.45, 7) is 3.26. The Balaban J connectivity index is 2.05. The maximum atomic E-state index is 11.9. The number of rotatable bonds is 7. The Labute approximate surface area is 155 Å². The van der Waals surface area contributed by atoms with Crippen molar-refractivity contribution < 1.29 is 8.42 Å². The molecule has 1 aromatic rings. The van der Waals surface area contributed by atoms with Crippen LogP contribution in [0.25, 0.3) is 0 Å². The standard InChI is InChI=1S/C17H28N4O2S2/c1-4-19-17(21-14-8-9-15(11-14)24-3)20-12-13-6-5-7-16(10-13)25(22,23)18-2/h5-7,10,14-15,18H,4,8-9,11-12H2,1-3H3,(H2,19,20,21). The first-order chi connectivity index (χ1) is 12.0. The van der Waals surface area contributed by atoms with E-state index in [2.05, 4.69) is 26.6 Å². The number of sulfonamides is 1. The van der Waals surface area contributed by atoms with Gasteiger partial charge in [0.1, 0.15) is 0 Å². The highest BCUT2D eigenvalue weighted by atomic mass is 32.2. The first-order valence-electron chi connectivity index (χ1n) is 8.58. The minimum absolute atomic E-state index is 0.263. The number of nitrogens with one attached hydrogen (secondary N) is 3. The molecule has 8 heteroatoms. The molecular weight excluding hydrogens is 356 g/mol. The van der Waals surface area contributed by atoms with Crippen molar-refractivity contribution in [3.63, 3.8) is 0 Å². The summed E-state index contributed by atoms with van der Waals surface area (Å²) in [6.07, 6.45) is 5.72. The number of hydrogen-bond acceptors (Lipinski definition) is 4. The molecule has 0 radical (unpaired) electrons. The van der Waals surface area contributed by atoms with Crippen LogP contribution in [-0.2, 0) is 16.6 Å². The highest BCUT2D eigenvalue weighted by Gasteiger charge is 2.24. The molecule has 6 nitrogen and oxygen atoms in total. The van der Waals surface area contributed by atoms with Gasteiger partial charge in [0.15, 0.2) is 5.96 Å². The van der Waals surface area contributed by atoms with Gasteiger partial charge in [0, 0.05) is 17.8 Å². The molecule has 0 saturated heterocycles. The van der Waals surface area contributed by atoms with Crippen LogP contribution in [0.2, 0.25) is 0 Å². The molecule has 0 spiro atoms. The molecule has 1 aromatic carbocycles. The summed E-state index contributed by atoms with van der Waals surface area (Å²) in [5.74, 6) is 0.788. The second-order valence-electron chi connectivity index (χ2n) is 6.06. The molecule has 2 unspecified atom stereocenters. The van der Waals surface area contributed by atoms with E-state index in [-0.39, 0.29) is 4.90 Å². The second-order valence-corrected chi connectivity index (χ2v) is 9.09. The molecule has 1 saturated carbocycles. The third-order valence-electron chi connectivity index (χ3n) is 4.30. The van der Waals surface area contributed by atoms with Crippen molar-refractivity contribution in [3.05, 3.63) is 29.8 Å².